The lowest BCUT2D eigenvalue weighted by Gasteiger charge is -2.38. The number of carboxylic acid groups (broad SMARTS) is 2. The van der Waals surface area contributed by atoms with Crippen molar-refractivity contribution in [2.45, 2.75) is 12.8 Å². The van der Waals surface area contributed by atoms with Gasteiger partial charge in [0.1, 0.15) is 0 Å². The molecule has 12 heavy (non-hydrogen) atoms. The van der Waals surface area contributed by atoms with Gasteiger partial charge in [-0.25, -0.2) is 0 Å². The van der Waals surface area contributed by atoms with E-state index in [9.17, 15) is 9.59 Å². The van der Waals surface area contributed by atoms with E-state index in [1.165, 1.54) is 0 Å². The number of aliphatic carboxylic acids is 2. The molecule has 5 nitrogen and oxygen atoms in total. The molecule has 68 valence electrons. The Labute approximate surface area is 68.9 Å². The molecule has 0 bridgehead atoms. The molecule has 0 aromatic rings. The molecule has 1 heterocycles. The molecular weight excluding hydrogens is 164 g/mol. The Morgan fingerprint density at radius 3 is 1.75 bits per heavy atom. The Morgan fingerprint density at radius 2 is 1.58 bits per heavy atom. The molecule has 1 rings (SSSR count). The summed E-state index contributed by atoms with van der Waals surface area (Å²) in [5.74, 6) is -1.95. The second kappa shape index (κ2) is 3.10. The minimum absolute atomic E-state index is 0.126. The minimum atomic E-state index is -0.973. The van der Waals surface area contributed by atoms with Gasteiger partial charge in [-0.2, -0.15) is 0 Å². The molecule has 0 aliphatic carbocycles. The van der Waals surface area contributed by atoms with E-state index in [0.717, 1.165) is 0 Å². The molecule has 0 amide bonds. The van der Waals surface area contributed by atoms with E-state index >= 15 is 0 Å². The van der Waals surface area contributed by atoms with Crippen LogP contribution in [0.4, 0.5) is 0 Å². The second-order valence-electron chi connectivity index (χ2n) is 3.13. The van der Waals surface area contributed by atoms with E-state index in [4.69, 9.17) is 14.9 Å². The SMILES string of the molecule is O=C(O)CC1(CC(=O)O)COC1. The van der Waals surface area contributed by atoms with Crippen LogP contribution < -0.4 is 0 Å². The van der Waals surface area contributed by atoms with Gasteiger partial charge in [-0.15, -0.1) is 0 Å². The maximum absolute atomic E-state index is 10.3. The predicted octanol–water partition coefficient (Wildman–Crippen LogP) is -0.0476. The summed E-state index contributed by atoms with van der Waals surface area (Å²) in [6.45, 7) is 0.483. The average Bonchev–Trinajstić information content (AvgIpc) is 1.80. The van der Waals surface area contributed by atoms with Gasteiger partial charge in [0.05, 0.1) is 26.1 Å². The summed E-state index contributed by atoms with van der Waals surface area (Å²) in [5.41, 5.74) is -0.655. The molecule has 0 unspecified atom stereocenters. The summed E-state index contributed by atoms with van der Waals surface area (Å²) >= 11 is 0. The largest absolute Gasteiger partial charge is 0.481 e. The van der Waals surface area contributed by atoms with Gasteiger partial charge in [-0.3, -0.25) is 9.59 Å². The standard InChI is InChI=1S/C7H10O5/c8-5(9)1-7(2-6(10)11)3-12-4-7/h1-4H2,(H,8,9)(H,10,11). The lowest BCUT2D eigenvalue weighted by atomic mass is 9.79. The van der Waals surface area contributed by atoms with Crippen LogP contribution in [0.5, 0.6) is 0 Å². The molecule has 1 saturated heterocycles. The molecule has 0 spiro atoms. The number of hydrogen-bond acceptors (Lipinski definition) is 3. The molecule has 5 heteroatoms. The molecule has 1 fully saturated rings. The van der Waals surface area contributed by atoms with Crippen LogP contribution in [0.15, 0.2) is 0 Å². The van der Waals surface area contributed by atoms with Crippen LogP contribution in [0.25, 0.3) is 0 Å². The molecular formula is C7H10O5. The van der Waals surface area contributed by atoms with Crippen molar-refractivity contribution in [2.24, 2.45) is 5.41 Å². The van der Waals surface area contributed by atoms with Crippen molar-refractivity contribution in [1.29, 1.82) is 0 Å². The van der Waals surface area contributed by atoms with Crippen molar-refractivity contribution in [3.05, 3.63) is 0 Å². The molecule has 0 aromatic carbocycles. The van der Waals surface area contributed by atoms with Gasteiger partial charge in [-0.1, -0.05) is 0 Å². The highest BCUT2D eigenvalue weighted by molar-refractivity contribution is 5.72. The summed E-state index contributed by atoms with van der Waals surface area (Å²) in [4.78, 5) is 20.7. The first kappa shape index (κ1) is 8.99. The number of rotatable bonds is 4. The highest BCUT2D eigenvalue weighted by Gasteiger charge is 2.42. The molecule has 0 aromatic heterocycles. The summed E-state index contributed by atoms with van der Waals surface area (Å²) in [6, 6.07) is 0. The maximum atomic E-state index is 10.3. The molecule has 1 aliphatic heterocycles. The third kappa shape index (κ3) is 1.94. The van der Waals surface area contributed by atoms with Gasteiger partial charge in [0.25, 0.3) is 0 Å². The Morgan fingerprint density at radius 1 is 1.17 bits per heavy atom. The zero-order valence-electron chi connectivity index (χ0n) is 6.45. The van der Waals surface area contributed by atoms with E-state index in [1.54, 1.807) is 0 Å². The molecule has 1 aliphatic rings. The minimum Gasteiger partial charge on any atom is -0.481 e. The van der Waals surface area contributed by atoms with Crippen LogP contribution in [-0.2, 0) is 14.3 Å². The van der Waals surface area contributed by atoms with Gasteiger partial charge in [0.2, 0.25) is 0 Å². The number of hydrogen-bond donors (Lipinski definition) is 2. The fourth-order valence-corrected chi connectivity index (χ4v) is 1.30. The van der Waals surface area contributed by atoms with E-state index < -0.39 is 17.4 Å². The maximum Gasteiger partial charge on any atom is 0.304 e. The first-order valence-electron chi connectivity index (χ1n) is 3.55. The van der Waals surface area contributed by atoms with Crippen molar-refractivity contribution in [1.82, 2.24) is 0 Å². The lowest BCUT2D eigenvalue weighted by Crippen LogP contribution is -2.45. The van der Waals surface area contributed by atoms with Crippen molar-refractivity contribution >= 4 is 11.9 Å². The zero-order valence-corrected chi connectivity index (χ0v) is 6.45. The van der Waals surface area contributed by atoms with Crippen LogP contribution in [0.3, 0.4) is 0 Å². The number of carboxylic acids is 2. The monoisotopic (exact) mass is 174 g/mol. The fourth-order valence-electron chi connectivity index (χ4n) is 1.30. The zero-order chi connectivity index (χ0) is 9.19. The van der Waals surface area contributed by atoms with Crippen molar-refractivity contribution < 1.29 is 24.5 Å². The Balaban J connectivity index is 2.50. The van der Waals surface area contributed by atoms with Gasteiger partial charge < -0.3 is 14.9 Å². The Bertz CT molecular complexity index is 188. The highest BCUT2D eigenvalue weighted by Crippen LogP contribution is 2.34. The first-order valence-corrected chi connectivity index (χ1v) is 3.55. The molecule has 0 radical (unpaired) electrons. The Hall–Kier alpha value is -1.10. The van der Waals surface area contributed by atoms with Crippen molar-refractivity contribution in [3.8, 4) is 0 Å². The van der Waals surface area contributed by atoms with Gasteiger partial charge >= 0.3 is 11.9 Å². The van der Waals surface area contributed by atoms with Gasteiger partial charge in [-0.05, 0) is 0 Å². The van der Waals surface area contributed by atoms with Crippen LogP contribution >= 0.6 is 0 Å². The van der Waals surface area contributed by atoms with Crippen LogP contribution in [0, 0.1) is 5.41 Å². The van der Waals surface area contributed by atoms with Crippen LogP contribution in [0.2, 0.25) is 0 Å². The van der Waals surface area contributed by atoms with Gasteiger partial charge in [0.15, 0.2) is 0 Å². The lowest BCUT2D eigenvalue weighted by molar-refractivity contribution is -0.166. The van der Waals surface area contributed by atoms with E-state index in [1.807, 2.05) is 0 Å². The van der Waals surface area contributed by atoms with Gasteiger partial charge in [0, 0.05) is 5.41 Å². The van der Waals surface area contributed by atoms with Crippen molar-refractivity contribution in [2.75, 3.05) is 13.2 Å². The van der Waals surface area contributed by atoms with Crippen LogP contribution in [0.1, 0.15) is 12.8 Å². The molecule has 2 N–H and O–H groups in total. The third-order valence-electron chi connectivity index (χ3n) is 1.87. The number of ether oxygens (including phenoxy) is 1. The summed E-state index contributed by atoms with van der Waals surface area (Å²) in [5, 5.41) is 17.0. The second-order valence-corrected chi connectivity index (χ2v) is 3.13. The summed E-state index contributed by atoms with van der Waals surface area (Å²) in [7, 11) is 0. The first-order chi connectivity index (χ1) is 5.54. The van der Waals surface area contributed by atoms with E-state index in [2.05, 4.69) is 0 Å². The normalized spacial score (nSPS) is 19.7. The predicted molar refractivity (Wildman–Crippen MR) is 37.8 cm³/mol. The summed E-state index contributed by atoms with van der Waals surface area (Å²) in [6.07, 6.45) is -0.251. The molecule has 0 saturated carbocycles. The van der Waals surface area contributed by atoms with E-state index in [0.29, 0.717) is 0 Å². The third-order valence-corrected chi connectivity index (χ3v) is 1.87. The van der Waals surface area contributed by atoms with Crippen molar-refractivity contribution in [3.63, 3.8) is 0 Å². The summed E-state index contributed by atoms with van der Waals surface area (Å²) < 4.78 is 4.81. The van der Waals surface area contributed by atoms with Crippen LogP contribution in [-0.4, -0.2) is 35.4 Å². The highest BCUT2D eigenvalue weighted by atomic mass is 16.5. The average molecular weight is 174 g/mol. The molecule has 0 atom stereocenters. The Kier molecular flexibility index (Phi) is 2.32. The van der Waals surface area contributed by atoms with E-state index in [-0.39, 0.29) is 26.1 Å². The smallest absolute Gasteiger partial charge is 0.304 e. The quantitative estimate of drug-likeness (QED) is 0.624. The number of carbonyl (C=O) groups is 2. The fraction of sp³-hybridized carbons (Fsp3) is 0.714. The topological polar surface area (TPSA) is 83.8 Å².